The van der Waals surface area contributed by atoms with Gasteiger partial charge in [-0.1, -0.05) is 25.7 Å². The second-order valence-corrected chi connectivity index (χ2v) is 15.9. The number of rotatable bonds is 8. The first-order valence-corrected chi connectivity index (χ1v) is 15.8. The lowest BCUT2D eigenvalue weighted by atomic mass is 10.1. The lowest BCUT2D eigenvalue weighted by molar-refractivity contribution is -0.286. The molecule has 0 unspecified atom stereocenters. The van der Waals surface area contributed by atoms with Crippen LogP contribution in [0.5, 0.6) is 11.5 Å². The predicted molar refractivity (Wildman–Crippen MR) is 136 cm³/mol. The Labute approximate surface area is 227 Å². The van der Waals surface area contributed by atoms with Gasteiger partial charge in [-0.3, -0.25) is 4.79 Å². The summed E-state index contributed by atoms with van der Waals surface area (Å²) >= 11 is 0. The molecule has 4 rings (SSSR count). The van der Waals surface area contributed by atoms with Crippen LogP contribution in [0.3, 0.4) is 0 Å². The van der Waals surface area contributed by atoms with E-state index in [-0.39, 0.29) is 40.7 Å². The van der Waals surface area contributed by atoms with Crippen molar-refractivity contribution in [1.29, 1.82) is 5.26 Å². The fraction of sp³-hybridized carbons (Fsp3) is 0.346. The summed E-state index contributed by atoms with van der Waals surface area (Å²) in [4.78, 5) is 14.4. The highest BCUT2D eigenvalue weighted by molar-refractivity contribution is 6.76. The molecule has 0 bridgehead atoms. The normalized spacial score (nSPS) is 14.2. The van der Waals surface area contributed by atoms with Crippen LogP contribution in [0.15, 0.2) is 42.5 Å². The third-order valence-electron chi connectivity index (χ3n) is 6.01. The quantitative estimate of drug-likeness (QED) is 0.179. The maximum absolute atomic E-state index is 13.7. The minimum Gasteiger partial charge on any atom is -0.395 e. The molecule has 1 aliphatic heterocycles. The van der Waals surface area contributed by atoms with Crippen LogP contribution in [-0.4, -0.2) is 43.7 Å². The monoisotopic (exact) mass is 580 g/mol. The van der Waals surface area contributed by atoms with Crippen LogP contribution in [0.4, 0.5) is 27.6 Å². The van der Waals surface area contributed by atoms with E-state index >= 15 is 0 Å². The lowest BCUT2D eigenvalue weighted by Crippen LogP contribution is -2.26. The van der Waals surface area contributed by atoms with E-state index in [1.807, 2.05) is 0 Å². The van der Waals surface area contributed by atoms with Gasteiger partial charge in [0.1, 0.15) is 11.6 Å². The summed E-state index contributed by atoms with van der Waals surface area (Å²) in [6, 6.07) is 11.8. The van der Waals surface area contributed by atoms with Crippen LogP contribution in [0.25, 0.3) is 5.69 Å². The molecular formula is C26H25F5N4O4Si. The number of hydrogen-bond acceptors (Lipinski definition) is 6. The molecule has 8 nitrogen and oxygen atoms in total. The molecule has 0 atom stereocenters. The molecule has 1 amide bonds. The van der Waals surface area contributed by atoms with E-state index in [0.29, 0.717) is 6.61 Å². The molecule has 14 heteroatoms. The van der Waals surface area contributed by atoms with Crippen molar-refractivity contribution in [3.63, 3.8) is 0 Å². The number of amides is 1. The SMILES string of the molecule is CN(C(=O)c1cccc(-n2nc(C(F)(F)F)c(C#N)c2COCC[Si](C)(C)C)c1)c1ccc2c(c1)OC(F)(F)O2. The first-order chi connectivity index (χ1) is 18.6. The van der Waals surface area contributed by atoms with E-state index in [1.165, 1.54) is 49.5 Å². The Bertz CT molecular complexity index is 1480. The number of fused-ring (bicyclic) bond motifs is 1. The van der Waals surface area contributed by atoms with Crippen molar-refractivity contribution in [2.45, 2.75) is 44.8 Å². The predicted octanol–water partition coefficient (Wildman–Crippen LogP) is 6.22. The van der Waals surface area contributed by atoms with Crippen molar-refractivity contribution >= 4 is 19.7 Å². The molecule has 0 radical (unpaired) electrons. The van der Waals surface area contributed by atoms with Crippen molar-refractivity contribution in [3.05, 3.63) is 65.0 Å². The Morgan fingerprint density at radius 1 is 1.15 bits per heavy atom. The van der Waals surface area contributed by atoms with Gasteiger partial charge in [-0.15, -0.1) is 8.78 Å². The molecule has 212 valence electrons. The molecule has 0 N–H and O–H groups in total. The second-order valence-electron chi connectivity index (χ2n) is 10.3. The average molecular weight is 581 g/mol. The molecule has 0 aliphatic carbocycles. The van der Waals surface area contributed by atoms with E-state index in [4.69, 9.17) is 4.74 Å². The number of carbonyl (C=O) groups excluding carboxylic acids is 1. The molecule has 0 saturated heterocycles. The van der Waals surface area contributed by atoms with Crippen LogP contribution in [0.2, 0.25) is 25.7 Å². The molecule has 3 aromatic rings. The van der Waals surface area contributed by atoms with Gasteiger partial charge in [0.2, 0.25) is 0 Å². The smallest absolute Gasteiger partial charge is 0.395 e. The maximum atomic E-state index is 13.7. The highest BCUT2D eigenvalue weighted by Gasteiger charge is 2.43. The van der Waals surface area contributed by atoms with Gasteiger partial charge in [-0.05, 0) is 36.4 Å². The molecular weight excluding hydrogens is 555 g/mol. The van der Waals surface area contributed by atoms with Crippen molar-refractivity contribution in [3.8, 4) is 23.3 Å². The van der Waals surface area contributed by atoms with Crippen LogP contribution >= 0.6 is 0 Å². The zero-order chi connectivity index (χ0) is 29.5. The molecule has 2 heterocycles. The fourth-order valence-corrected chi connectivity index (χ4v) is 4.65. The first-order valence-electron chi connectivity index (χ1n) is 12.0. The molecule has 0 saturated carbocycles. The van der Waals surface area contributed by atoms with E-state index in [1.54, 1.807) is 6.07 Å². The second kappa shape index (κ2) is 10.5. The minimum absolute atomic E-state index is 0.0659. The number of nitrogens with zero attached hydrogens (tertiary/aromatic N) is 4. The first kappa shape index (κ1) is 29.0. The van der Waals surface area contributed by atoms with Gasteiger partial charge in [0.05, 0.1) is 18.0 Å². The summed E-state index contributed by atoms with van der Waals surface area (Å²) in [6.45, 7) is 6.39. The minimum atomic E-state index is -4.90. The molecule has 1 aliphatic rings. The van der Waals surface area contributed by atoms with Gasteiger partial charge >= 0.3 is 12.5 Å². The molecule has 1 aromatic heterocycles. The standard InChI is InChI=1S/C26H25F5N4O4Si/c1-34(17-8-9-21-22(13-17)39-26(30,31)38-21)24(36)16-6-5-7-18(12-16)35-20(15-37-10-11-40(2,3)4)19(14-32)23(33-35)25(27,28)29/h5-9,12-13H,10-11,15H2,1-4H3. The molecule has 0 spiro atoms. The Hall–Kier alpha value is -3.96. The van der Waals surface area contributed by atoms with E-state index in [0.717, 1.165) is 15.6 Å². The van der Waals surface area contributed by atoms with E-state index in [9.17, 15) is 32.0 Å². The number of ether oxygens (including phenoxy) is 3. The van der Waals surface area contributed by atoms with Crippen molar-refractivity contribution in [2.24, 2.45) is 0 Å². The number of benzene rings is 2. The topological polar surface area (TPSA) is 89.6 Å². The summed E-state index contributed by atoms with van der Waals surface area (Å²) in [5.41, 5.74) is -1.75. The van der Waals surface area contributed by atoms with Gasteiger partial charge in [0.25, 0.3) is 5.91 Å². The highest BCUT2D eigenvalue weighted by Crippen LogP contribution is 2.43. The number of anilines is 1. The summed E-state index contributed by atoms with van der Waals surface area (Å²) in [5, 5.41) is 13.2. The molecule has 2 aromatic carbocycles. The van der Waals surface area contributed by atoms with Gasteiger partial charge in [0.15, 0.2) is 17.2 Å². The Morgan fingerprint density at radius 2 is 1.85 bits per heavy atom. The Kier molecular flexibility index (Phi) is 7.65. The van der Waals surface area contributed by atoms with Gasteiger partial charge < -0.3 is 19.1 Å². The van der Waals surface area contributed by atoms with Crippen molar-refractivity contribution in [2.75, 3.05) is 18.6 Å². The van der Waals surface area contributed by atoms with Gasteiger partial charge in [-0.25, -0.2) is 4.68 Å². The van der Waals surface area contributed by atoms with Crippen LogP contribution in [0, 0.1) is 11.3 Å². The largest absolute Gasteiger partial charge is 0.586 e. The highest BCUT2D eigenvalue weighted by atomic mass is 28.3. The molecule has 40 heavy (non-hydrogen) atoms. The number of carbonyl (C=O) groups is 1. The van der Waals surface area contributed by atoms with Crippen molar-refractivity contribution in [1.82, 2.24) is 9.78 Å². The van der Waals surface area contributed by atoms with Crippen molar-refractivity contribution < 1.29 is 41.0 Å². The van der Waals surface area contributed by atoms with Crippen LogP contribution in [-0.2, 0) is 17.5 Å². The third kappa shape index (κ3) is 6.26. The maximum Gasteiger partial charge on any atom is 0.586 e. The van der Waals surface area contributed by atoms with Gasteiger partial charge in [-0.2, -0.15) is 23.5 Å². The summed E-state index contributed by atoms with van der Waals surface area (Å²) in [6.07, 6.45) is -8.72. The third-order valence-corrected chi connectivity index (χ3v) is 7.72. The average Bonchev–Trinajstić information content (AvgIpc) is 3.40. The van der Waals surface area contributed by atoms with E-state index in [2.05, 4.69) is 34.2 Å². The van der Waals surface area contributed by atoms with Gasteiger partial charge in [0, 0.05) is 39.0 Å². The molecule has 0 fully saturated rings. The van der Waals surface area contributed by atoms with Crippen LogP contribution < -0.4 is 14.4 Å². The summed E-state index contributed by atoms with van der Waals surface area (Å²) in [7, 11) is -0.0831. The zero-order valence-electron chi connectivity index (χ0n) is 22.0. The summed E-state index contributed by atoms with van der Waals surface area (Å²) in [5.74, 6) is -1.04. The fourth-order valence-electron chi connectivity index (χ4n) is 3.89. The number of aromatic nitrogens is 2. The lowest BCUT2D eigenvalue weighted by Gasteiger charge is -2.18. The number of hydrogen-bond donors (Lipinski definition) is 0. The van der Waals surface area contributed by atoms with Crippen LogP contribution in [0.1, 0.15) is 27.3 Å². The Balaban J connectivity index is 1.65. The number of nitriles is 1. The zero-order valence-corrected chi connectivity index (χ0v) is 23.0. The number of alkyl halides is 5. The summed E-state index contributed by atoms with van der Waals surface area (Å²) < 4.78 is 83.4. The Morgan fingerprint density at radius 3 is 2.50 bits per heavy atom. The number of halogens is 5. The van der Waals surface area contributed by atoms with E-state index < -0.39 is 37.7 Å².